The number of rotatable bonds is 4. The summed E-state index contributed by atoms with van der Waals surface area (Å²) in [6, 6.07) is 8.77. The zero-order valence-electron chi connectivity index (χ0n) is 14.5. The number of hydrogen-bond donors (Lipinski definition) is 0. The molecule has 0 N–H and O–H groups in total. The predicted octanol–water partition coefficient (Wildman–Crippen LogP) is 2.81. The second-order valence-electron chi connectivity index (χ2n) is 6.50. The molecule has 0 saturated carbocycles. The Morgan fingerprint density at radius 1 is 1.22 bits per heavy atom. The average Bonchev–Trinajstić information content (AvgIpc) is 3.35. The van der Waals surface area contributed by atoms with Gasteiger partial charge < -0.3 is 4.90 Å². The van der Waals surface area contributed by atoms with Crippen molar-refractivity contribution in [3.05, 3.63) is 61.7 Å². The lowest BCUT2D eigenvalue weighted by Crippen LogP contribution is -2.40. The second kappa shape index (κ2) is 7.77. The molecule has 0 atom stereocenters. The van der Waals surface area contributed by atoms with Gasteiger partial charge >= 0.3 is 0 Å². The molecule has 140 valence electrons. The van der Waals surface area contributed by atoms with E-state index in [1.807, 2.05) is 23.1 Å². The fraction of sp³-hybridized carbons (Fsp3) is 0.333. The van der Waals surface area contributed by atoms with Gasteiger partial charge in [0.25, 0.3) is 11.5 Å². The van der Waals surface area contributed by atoms with E-state index < -0.39 is 0 Å². The molecule has 27 heavy (non-hydrogen) atoms. The summed E-state index contributed by atoms with van der Waals surface area (Å²) in [5.74, 6) is 1.03. The van der Waals surface area contributed by atoms with Crippen molar-refractivity contribution in [1.82, 2.24) is 24.5 Å². The summed E-state index contributed by atoms with van der Waals surface area (Å²) < 4.78 is 4.11. The first-order chi connectivity index (χ1) is 13.1. The molecule has 0 unspecified atom stereocenters. The molecule has 0 aromatic carbocycles. The number of likely N-dealkylation sites (tertiary alicyclic amines) is 1. The molecule has 1 saturated heterocycles. The van der Waals surface area contributed by atoms with E-state index in [9.17, 15) is 9.59 Å². The third-order valence-corrected chi connectivity index (χ3v) is 6.32. The molecule has 1 aliphatic heterocycles. The van der Waals surface area contributed by atoms with Crippen LogP contribution in [0.25, 0.3) is 5.82 Å². The number of nitrogens with zero attached hydrogens (tertiary/aromatic N) is 5. The van der Waals surface area contributed by atoms with Gasteiger partial charge in [-0.3, -0.25) is 9.59 Å². The predicted molar refractivity (Wildman–Crippen MR) is 106 cm³/mol. The van der Waals surface area contributed by atoms with Gasteiger partial charge in [0.1, 0.15) is 0 Å². The summed E-state index contributed by atoms with van der Waals surface area (Å²) in [7, 11) is 0. The van der Waals surface area contributed by atoms with Crippen LogP contribution in [0.2, 0.25) is 0 Å². The van der Waals surface area contributed by atoms with Crippen LogP contribution in [0.5, 0.6) is 0 Å². The summed E-state index contributed by atoms with van der Waals surface area (Å²) in [5.41, 5.74) is -0.118. The van der Waals surface area contributed by atoms with Crippen molar-refractivity contribution in [2.24, 2.45) is 5.92 Å². The van der Waals surface area contributed by atoms with E-state index in [1.54, 1.807) is 23.1 Å². The molecular weight excluding hydrogens is 430 g/mol. The van der Waals surface area contributed by atoms with Gasteiger partial charge in [-0.25, -0.2) is 9.36 Å². The maximum Gasteiger partial charge on any atom is 0.266 e. The highest BCUT2D eigenvalue weighted by molar-refractivity contribution is 9.11. The van der Waals surface area contributed by atoms with E-state index in [4.69, 9.17) is 0 Å². The standard InChI is InChI=1S/C18H18BrN5O2S/c19-15-3-2-14(27-15)18(26)22-10-6-13(7-11-22)12-24-17(25)5-4-16(21-24)23-9-1-8-20-23/h1-5,8-9,13H,6-7,10-12H2. The third kappa shape index (κ3) is 4.03. The number of amides is 1. The molecule has 1 amide bonds. The van der Waals surface area contributed by atoms with E-state index in [2.05, 4.69) is 26.1 Å². The molecule has 0 bridgehead atoms. The molecule has 4 rings (SSSR count). The minimum absolute atomic E-state index is 0.0834. The lowest BCUT2D eigenvalue weighted by molar-refractivity contribution is 0.0685. The Hall–Kier alpha value is -2.26. The lowest BCUT2D eigenvalue weighted by atomic mass is 9.96. The molecule has 0 aliphatic carbocycles. The lowest BCUT2D eigenvalue weighted by Gasteiger charge is -2.31. The molecular formula is C18H18BrN5O2S. The van der Waals surface area contributed by atoms with Crippen LogP contribution in [0.1, 0.15) is 22.5 Å². The maximum atomic E-state index is 12.5. The van der Waals surface area contributed by atoms with Gasteiger partial charge in [-0.05, 0) is 59.0 Å². The van der Waals surface area contributed by atoms with Gasteiger partial charge in [-0.15, -0.1) is 16.4 Å². The number of piperidine rings is 1. The SMILES string of the molecule is O=C(c1ccc(Br)s1)N1CCC(Cn2nc(-n3cccn3)ccc2=O)CC1. The van der Waals surface area contributed by atoms with Crippen LogP contribution in [-0.2, 0) is 6.54 Å². The minimum atomic E-state index is -0.118. The van der Waals surface area contributed by atoms with Crippen molar-refractivity contribution in [2.75, 3.05) is 13.1 Å². The van der Waals surface area contributed by atoms with Gasteiger partial charge in [0.15, 0.2) is 5.82 Å². The summed E-state index contributed by atoms with van der Waals surface area (Å²) in [5, 5.41) is 8.59. The molecule has 0 radical (unpaired) electrons. The number of carbonyl (C=O) groups excluding carboxylic acids is 1. The molecule has 3 aromatic heterocycles. The van der Waals surface area contributed by atoms with Crippen LogP contribution in [0, 0.1) is 5.92 Å². The molecule has 1 fully saturated rings. The summed E-state index contributed by atoms with van der Waals surface area (Å²) in [4.78, 5) is 27.4. The number of aromatic nitrogens is 4. The first-order valence-corrected chi connectivity index (χ1v) is 10.3. The summed E-state index contributed by atoms with van der Waals surface area (Å²) >= 11 is 4.86. The van der Waals surface area contributed by atoms with Crippen LogP contribution < -0.4 is 5.56 Å². The first-order valence-electron chi connectivity index (χ1n) is 8.73. The van der Waals surface area contributed by atoms with E-state index in [0.29, 0.717) is 31.4 Å². The van der Waals surface area contributed by atoms with Crippen LogP contribution in [0.3, 0.4) is 0 Å². The quantitative estimate of drug-likeness (QED) is 0.616. The van der Waals surface area contributed by atoms with Crippen LogP contribution in [0.15, 0.2) is 51.3 Å². The second-order valence-corrected chi connectivity index (χ2v) is 8.96. The van der Waals surface area contributed by atoms with Crippen molar-refractivity contribution < 1.29 is 4.79 Å². The maximum absolute atomic E-state index is 12.5. The molecule has 3 aromatic rings. The van der Waals surface area contributed by atoms with Crippen LogP contribution in [0.4, 0.5) is 0 Å². The van der Waals surface area contributed by atoms with Crippen molar-refractivity contribution in [1.29, 1.82) is 0 Å². The Bertz CT molecular complexity index is 989. The number of hydrogen-bond acceptors (Lipinski definition) is 5. The largest absolute Gasteiger partial charge is 0.338 e. The Labute approximate surface area is 168 Å². The zero-order valence-corrected chi connectivity index (χ0v) is 16.9. The van der Waals surface area contributed by atoms with Gasteiger partial charge in [0.2, 0.25) is 0 Å². The van der Waals surface area contributed by atoms with Crippen molar-refractivity contribution in [3.8, 4) is 5.82 Å². The van der Waals surface area contributed by atoms with E-state index in [0.717, 1.165) is 21.5 Å². The van der Waals surface area contributed by atoms with E-state index in [-0.39, 0.29) is 11.5 Å². The summed E-state index contributed by atoms with van der Waals surface area (Å²) in [6.07, 6.45) is 5.19. The van der Waals surface area contributed by atoms with Gasteiger partial charge in [0, 0.05) is 38.1 Å². The Morgan fingerprint density at radius 2 is 2.04 bits per heavy atom. The Morgan fingerprint density at radius 3 is 2.70 bits per heavy atom. The number of carbonyl (C=O) groups is 1. The highest BCUT2D eigenvalue weighted by Gasteiger charge is 2.25. The molecule has 4 heterocycles. The number of thiophene rings is 1. The minimum Gasteiger partial charge on any atom is -0.338 e. The topological polar surface area (TPSA) is 73.0 Å². The zero-order chi connectivity index (χ0) is 18.8. The summed E-state index contributed by atoms with van der Waals surface area (Å²) in [6.45, 7) is 1.96. The first kappa shape index (κ1) is 18.1. The monoisotopic (exact) mass is 447 g/mol. The highest BCUT2D eigenvalue weighted by atomic mass is 79.9. The van der Waals surface area contributed by atoms with Gasteiger partial charge in [0.05, 0.1) is 8.66 Å². The molecule has 1 aliphatic rings. The number of halogens is 1. The third-order valence-electron chi connectivity index (χ3n) is 4.71. The van der Waals surface area contributed by atoms with E-state index >= 15 is 0 Å². The fourth-order valence-electron chi connectivity index (χ4n) is 3.24. The van der Waals surface area contributed by atoms with Crippen molar-refractivity contribution in [3.63, 3.8) is 0 Å². The van der Waals surface area contributed by atoms with Gasteiger partial charge in [-0.2, -0.15) is 5.10 Å². The average molecular weight is 448 g/mol. The Balaban J connectivity index is 1.40. The normalized spacial score (nSPS) is 15.2. The van der Waals surface area contributed by atoms with Crippen molar-refractivity contribution in [2.45, 2.75) is 19.4 Å². The van der Waals surface area contributed by atoms with E-state index in [1.165, 1.54) is 22.1 Å². The van der Waals surface area contributed by atoms with Crippen molar-refractivity contribution >= 4 is 33.2 Å². The van der Waals surface area contributed by atoms with Crippen LogP contribution >= 0.6 is 27.3 Å². The fourth-order valence-corrected chi connectivity index (χ4v) is 4.60. The van der Waals surface area contributed by atoms with Gasteiger partial charge in [-0.1, -0.05) is 0 Å². The smallest absolute Gasteiger partial charge is 0.266 e. The molecule has 0 spiro atoms. The highest BCUT2D eigenvalue weighted by Crippen LogP contribution is 2.26. The molecule has 9 heteroatoms. The Kier molecular flexibility index (Phi) is 5.22. The van der Waals surface area contributed by atoms with Crippen LogP contribution in [-0.4, -0.2) is 43.5 Å². The molecule has 7 nitrogen and oxygen atoms in total.